The highest BCUT2D eigenvalue weighted by molar-refractivity contribution is 5.94. The zero-order chi connectivity index (χ0) is 13.2. The summed E-state index contributed by atoms with van der Waals surface area (Å²) in [7, 11) is 1.62. The topological polar surface area (TPSA) is 47.6 Å². The van der Waals surface area contributed by atoms with Crippen LogP contribution in [0.25, 0.3) is 11.1 Å². The molecule has 4 heteroatoms. The smallest absolute Gasteiger partial charge is 0.251 e. The quantitative estimate of drug-likeness (QED) is 0.896. The van der Waals surface area contributed by atoms with Gasteiger partial charge in [0.05, 0.1) is 0 Å². The van der Waals surface area contributed by atoms with Crippen LogP contribution >= 0.6 is 0 Å². The number of rotatable bonds is 2. The Morgan fingerprint density at radius 3 is 2.42 bits per heavy atom. The average Bonchev–Trinajstić information content (AvgIpc) is 2.94. The van der Waals surface area contributed by atoms with Gasteiger partial charge in [0, 0.05) is 12.6 Å². The maximum Gasteiger partial charge on any atom is 0.251 e. The molecule has 0 unspecified atom stereocenters. The molecular formula is C15H13NO3. The summed E-state index contributed by atoms with van der Waals surface area (Å²) >= 11 is 0. The highest BCUT2D eigenvalue weighted by Gasteiger charge is 2.13. The van der Waals surface area contributed by atoms with Crippen molar-refractivity contribution in [2.45, 2.75) is 0 Å². The predicted octanol–water partition coefficient (Wildman–Crippen LogP) is 2.44. The van der Waals surface area contributed by atoms with Crippen LogP contribution in [0, 0.1) is 0 Å². The molecule has 1 aliphatic rings. The van der Waals surface area contributed by atoms with Crippen LogP contribution in [0.1, 0.15) is 10.4 Å². The molecule has 0 bridgehead atoms. The number of carbonyl (C=O) groups excluding carboxylic acids is 1. The van der Waals surface area contributed by atoms with E-state index in [4.69, 9.17) is 9.47 Å². The fourth-order valence-corrected chi connectivity index (χ4v) is 2.03. The first-order valence-corrected chi connectivity index (χ1v) is 6.00. The van der Waals surface area contributed by atoms with E-state index in [2.05, 4.69) is 5.32 Å². The molecule has 19 heavy (non-hydrogen) atoms. The van der Waals surface area contributed by atoms with Crippen LogP contribution in [0.15, 0.2) is 42.5 Å². The monoisotopic (exact) mass is 255 g/mol. The Labute approximate surface area is 111 Å². The summed E-state index contributed by atoms with van der Waals surface area (Å²) in [5.41, 5.74) is 2.71. The zero-order valence-corrected chi connectivity index (χ0v) is 10.5. The first kappa shape index (κ1) is 11.6. The number of fused-ring (bicyclic) bond motifs is 1. The Morgan fingerprint density at radius 1 is 1.00 bits per heavy atom. The minimum atomic E-state index is -0.0859. The lowest BCUT2D eigenvalue weighted by Crippen LogP contribution is -2.17. The van der Waals surface area contributed by atoms with Gasteiger partial charge in [-0.05, 0) is 35.4 Å². The maximum absolute atomic E-state index is 11.5. The van der Waals surface area contributed by atoms with E-state index in [9.17, 15) is 4.79 Å². The van der Waals surface area contributed by atoms with Crippen molar-refractivity contribution < 1.29 is 14.3 Å². The van der Waals surface area contributed by atoms with E-state index >= 15 is 0 Å². The van der Waals surface area contributed by atoms with E-state index < -0.39 is 0 Å². The fourth-order valence-electron chi connectivity index (χ4n) is 2.03. The summed E-state index contributed by atoms with van der Waals surface area (Å²) in [5, 5.41) is 2.60. The third kappa shape index (κ3) is 2.12. The van der Waals surface area contributed by atoms with Gasteiger partial charge in [0.2, 0.25) is 6.79 Å². The zero-order valence-electron chi connectivity index (χ0n) is 10.5. The average molecular weight is 255 g/mol. The van der Waals surface area contributed by atoms with Crippen molar-refractivity contribution in [2.24, 2.45) is 0 Å². The number of amides is 1. The molecule has 1 heterocycles. The van der Waals surface area contributed by atoms with Gasteiger partial charge in [0.1, 0.15) is 0 Å². The van der Waals surface area contributed by atoms with Gasteiger partial charge >= 0.3 is 0 Å². The molecule has 1 amide bonds. The molecule has 0 aromatic heterocycles. The van der Waals surface area contributed by atoms with Crippen LogP contribution in [-0.2, 0) is 0 Å². The Hall–Kier alpha value is -2.49. The standard InChI is InChI=1S/C15H13NO3/c1-16-15(17)11-4-2-10(3-5-11)12-6-7-13-14(8-12)19-9-18-13/h2-8H,9H2,1H3,(H,16,17). The second-order valence-corrected chi connectivity index (χ2v) is 4.22. The lowest BCUT2D eigenvalue weighted by atomic mass is 10.0. The van der Waals surface area contributed by atoms with Crippen LogP contribution in [0.4, 0.5) is 0 Å². The first-order valence-electron chi connectivity index (χ1n) is 6.00. The first-order chi connectivity index (χ1) is 9.28. The molecule has 2 aromatic rings. The normalized spacial score (nSPS) is 12.3. The van der Waals surface area contributed by atoms with Gasteiger partial charge in [-0.15, -0.1) is 0 Å². The van der Waals surface area contributed by atoms with Crippen LogP contribution in [0.5, 0.6) is 11.5 Å². The third-order valence-corrected chi connectivity index (χ3v) is 3.08. The predicted molar refractivity (Wildman–Crippen MR) is 71.4 cm³/mol. The van der Waals surface area contributed by atoms with E-state index in [1.165, 1.54) is 0 Å². The number of carbonyl (C=O) groups is 1. The number of nitrogens with one attached hydrogen (secondary N) is 1. The van der Waals surface area contributed by atoms with Crippen molar-refractivity contribution in [1.82, 2.24) is 5.32 Å². The Bertz CT molecular complexity index is 620. The van der Waals surface area contributed by atoms with Gasteiger partial charge in [0.25, 0.3) is 5.91 Å². The van der Waals surface area contributed by atoms with Crippen molar-refractivity contribution in [3.63, 3.8) is 0 Å². The van der Waals surface area contributed by atoms with Crippen molar-refractivity contribution in [1.29, 1.82) is 0 Å². The summed E-state index contributed by atoms with van der Waals surface area (Å²) in [6.45, 7) is 0.272. The summed E-state index contributed by atoms with van der Waals surface area (Å²) in [4.78, 5) is 11.5. The summed E-state index contributed by atoms with van der Waals surface area (Å²) in [5.74, 6) is 1.44. The van der Waals surface area contributed by atoms with Crippen LogP contribution in [-0.4, -0.2) is 19.7 Å². The second kappa shape index (κ2) is 4.65. The van der Waals surface area contributed by atoms with Crippen LogP contribution < -0.4 is 14.8 Å². The lowest BCUT2D eigenvalue weighted by molar-refractivity contribution is 0.0963. The molecule has 96 valence electrons. The summed E-state index contributed by atoms with van der Waals surface area (Å²) < 4.78 is 10.6. The van der Waals surface area contributed by atoms with Crippen LogP contribution in [0.3, 0.4) is 0 Å². The molecule has 4 nitrogen and oxygen atoms in total. The van der Waals surface area contributed by atoms with Gasteiger partial charge in [-0.3, -0.25) is 4.79 Å². The van der Waals surface area contributed by atoms with Crippen LogP contribution in [0.2, 0.25) is 0 Å². The maximum atomic E-state index is 11.5. The Balaban J connectivity index is 1.92. The largest absolute Gasteiger partial charge is 0.454 e. The van der Waals surface area contributed by atoms with E-state index in [-0.39, 0.29) is 12.7 Å². The third-order valence-electron chi connectivity index (χ3n) is 3.08. The van der Waals surface area contributed by atoms with Crippen molar-refractivity contribution in [3.05, 3.63) is 48.0 Å². The number of hydrogen-bond donors (Lipinski definition) is 1. The fraction of sp³-hybridized carbons (Fsp3) is 0.133. The molecule has 1 N–H and O–H groups in total. The van der Waals surface area contributed by atoms with Gasteiger partial charge in [-0.1, -0.05) is 18.2 Å². The lowest BCUT2D eigenvalue weighted by Gasteiger charge is -2.05. The molecule has 0 spiro atoms. The van der Waals surface area contributed by atoms with E-state index in [0.29, 0.717) is 5.56 Å². The van der Waals surface area contributed by atoms with Crippen molar-refractivity contribution >= 4 is 5.91 Å². The molecular weight excluding hydrogens is 242 g/mol. The minimum absolute atomic E-state index is 0.0859. The molecule has 0 saturated carbocycles. The molecule has 0 saturated heterocycles. The molecule has 0 aliphatic carbocycles. The molecule has 0 atom stereocenters. The summed E-state index contributed by atoms with van der Waals surface area (Å²) in [6, 6.07) is 13.3. The number of benzene rings is 2. The summed E-state index contributed by atoms with van der Waals surface area (Å²) in [6.07, 6.45) is 0. The van der Waals surface area contributed by atoms with E-state index in [0.717, 1.165) is 22.6 Å². The van der Waals surface area contributed by atoms with E-state index in [1.54, 1.807) is 19.2 Å². The Morgan fingerprint density at radius 2 is 1.68 bits per heavy atom. The van der Waals surface area contributed by atoms with Crippen molar-refractivity contribution in [3.8, 4) is 22.6 Å². The highest BCUT2D eigenvalue weighted by Crippen LogP contribution is 2.35. The molecule has 2 aromatic carbocycles. The molecule has 1 aliphatic heterocycles. The Kier molecular flexibility index (Phi) is 2.83. The van der Waals surface area contributed by atoms with Gasteiger partial charge in [-0.25, -0.2) is 0 Å². The van der Waals surface area contributed by atoms with Crippen molar-refractivity contribution in [2.75, 3.05) is 13.8 Å². The SMILES string of the molecule is CNC(=O)c1ccc(-c2ccc3c(c2)OCO3)cc1. The second-order valence-electron chi connectivity index (χ2n) is 4.22. The highest BCUT2D eigenvalue weighted by atomic mass is 16.7. The molecule has 3 rings (SSSR count). The van der Waals surface area contributed by atoms with Gasteiger partial charge in [-0.2, -0.15) is 0 Å². The minimum Gasteiger partial charge on any atom is -0.454 e. The molecule has 0 radical (unpaired) electrons. The molecule has 0 fully saturated rings. The van der Waals surface area contributed by atoms with Gasteiger partial charge < -0.3 is 14.8 Å². The number of ether oxygens (including phenoxy) is 2. The van der Waals surface area contributed by atoms with Gasteiger partial charge in [0.15, 0.2) is 11.5 Å². The number of hydrogen-bond acceptors (Lipinski definition) is 3. The van der Waals surface area contributed by atoms with E-state index in [1.807, 2.05) is 30.3 Å².